The highest BCUT2D eigenvalue weighted by Crippen LogP contribution is 2.42. The van der Waals surface area contributed by atoms with Gasteiger partial charge in [-0.25, -0.2) is 15.0 Å². The third kappa shape index (κ3) is 5.14. The van der Waals surface area contributed by atoms with Gasteiger partial charge in [-0.1, -0.05) is 152 Å². The Morgan fingerprint density at radius 1 is 0.345 bits per heavy atom. The summed E-state index contributed by atoms with van der Waals surface area (Å²) in [5, 5.41) is 9.48. The number of fused-ring (bicyclic) bond motifs is 9. The molecule has 12 aromatic rings. The van der Waals surface area contributed by atoms with Gasteiger partial charge in [0, 0.05) is 50.0 Å². The minimum Gasteiger partial charge on any atom is -0.456 e. The van der Waals surface area contributed by atoms with E-state index < -0.39 is 0 Å². The second-order valence-electron chi connectivity index (χ2n) is 14.8. The first-order chi connectivity index (χ1) is 28.7. The smallest absolute Gasteiger partial charge is 0.164 e. The molecule has 0 saturated heterocycles. The highest BCUT2D eigenvalue weighted by atomic mass is 16.3. The lowest BCUT2D eigenvalue weighted by Crippen LogP contribution is -2.00. The molecule has 9 aromatic carbocycles. The van der Waals surface area contributed by atoms with Crippen LogP contribution in [-0.4, -0.2) is 19.5 Å². The van der Waals surface area contributed by atoms with E-state index in [9.17, 15) is 0 Å². The monoisotopic (exact) mass is 740 g/mol. The van der Waals surface area contributed by atoms with Gasteiger partial charge in [0.1, 0.15) is 11.2 Å². The zero-order valence-electron chi connectivity index (χ0n) is 31.2. The standard InChI is InChI=1S/C53H32N4O/c1-3-13-34(14-4-1)51-54-52(35-15-5-2-6-16-35)56-53(55-51)36-25-23-33(24-26-36)44-32-49-50(42-21-10-9-19-40(42)44)43-28-27-39(31-48(43)58-49)57-46-22-12-11-20-41(46)45-29-37-17-7-8-18-38(37)30-47(45)57/h1-32H. The third-order valence-corrected chi connectivity index (χ3v) is 11.4. The molecular formula is C53H32N4O. The molecule has 5 heteroatoms. The van der Waals surface area contributed by atoms with Gasteiger partial charge in [-0.2, -0.15) is 0 Å². The van der Waals surface area contributed by atoms with E-state index >= 15 is 0 Å². The maximum absolute atomic E-state index is 6.82. The van der Waals surface area contributed by atoms with Crippen molar-refractivity contribution in [2.24, 2.45) is 0 Å². The number of rotatable bonds is 5. The molecule has 12 rings (SSSR count). The predicted octanol–water partition coefficient (Wildman–Crippen LogP) is 13.8. The van der Waals surface area contributed by atoms with Crippen LogP contribution in [0.3, 0.4) is 0 Å². The Hall–Kier alpha value is -7.89. The average Bonchev–Trinajstić information content (AvgIpc) is 3.83. The number of hydrogen-bond acceptors (Lipinski definition) is 4. The maximum Gasteiger partial charge on any atom is 0.164 e. The Bertz CT molecular complexity index is 3490. The fourth-order valence-electron chi connectivity index (χ4n) is 8.68. The molecule has 0 aliphatic carbocycles. The molecule has 270 valence electrons. The number of aromatic nitrogens is 4. The first-order valence-corrected chi connectivity index (χ1v) is 19.5. The fourth-order valence-corrected chi connectivity index (χ4v) is 8.68. The van der Waals surface area contributed by atoms with Crippen molar-refractivity contribution >= 4 is 65.3 Å². The van der Waals surface area contributed by atoms with Gasteiger partial charge < -0.3 is 8.98 Å². The molecule has 3 aromatic heterocycles. The quantitative estimate of drug-likeness (QED) is 0.176. The van der Waals surface area contributed by atoms with Gasteiger partial charge in [0.05, 0.1) is 11.0 Å². The minimum atomic E-state index is 0.629. The molecule has 0 unspecified atom stereocenters. The topological polar surface area (TPSA) is 56.7 Å². The van der Waals surface area contributed by atoms with Crippen LogP contribution in [0.4, 0.5) is 0 Å². The normalized spacial score (nSPS) is 11.8. The van der Waals surface area contributed by atoms with Crippen LogP contribution in [0.2, 0.25) is 0 Å². The number of para-hydroxylation sites is 1. The second kappa shape index (κ2) is 12.8. The number of hydrogen-bond donors (Lipinski definition) is 0. The summed E-state index contributed by atoms with van der Waals surface area (Å²) in [5.74, 6) is 1.92. The van der Waals surface area contributed by atoms with Crippen molar-refractivity contribution in [1.82, 2.24) is 19.5 Å². The summed E-state index contributed by atoms with van der Waals surface area (Å²) in [7, 11) is 0. The van der Waals surface area contributed by atoms with Crippen LogP contribution >= 0.6 is 0 Å². The highest BCUT2D eigenvalue weighted by Gasteiger charge is 2.19. The van der Waals surface area contributed by atoms with E-state index in [4.69, 9.17) is 19.4 Å². The summed E-state index contributed by atoms with van der Waals surface area (Å²) < 4.78 is 9.19. The molecule has 0 saturated carbocycles. The van der Waals surface area contributed by atoms with E-state index in [2.05, 4.69) is 138 Å². The zero-order valence-corrected chi connectivity index (χ0v) is 31.2. The lowest BCUT2D eigenvalue weighted by molar-refractivity contribution is 0.669. The van der Waals surface area contributed by atoms with Gasteiger partial charge in [0.2, 0.25) is 0 Å². The van der Waals surface area contributed by atoms with Crippen LogP contribution in [0, 0.1) is 0 Å². The summed E-state index contributed by atoms with van der Waals surface area (Å²) in [6.07, 6.45) is 0. The van der Waals surface area contributed by atoms with E-state index in [1.54, 1.807) is 0 Å². The van der Waals surface area contributed by atoms with E-state index in [1.807, 2.05) is 60.7 Å². The highest BCUT2D eigenvalue weighted by molar-refractivity contribution is 6.22. The molecule has 0 N–H and O–H groups in total. The average molecular weight is 741 g/mol. The lowest BCUT2D eigenvalue weighted by Gasteiger charge is -2.11. The maximum atomic E-state index is 6.82. The number of nitrogens with zero attached hydrogens (tertiary/aromatic N) is 4. The largest absolute Gasteiger partial charge is 0.456 e. The van der Waals surface area contributed by atoms with Gasteiger partial charge in [0.25, 0.3) is 0 Å². The van der Waals surface area contributed by atoms with Crippen molar-refractivity contribution in [2.75, 3.05) is 0 Å². The van der Waals surface area contributed by atoms with Crippen LogP contribution in [0.5, 0.6) is 0 Å². The molecule has 0 aliphatic rings. The Kier molecular flexibility index (Phi) is 7.16. The van der Waals surface area contributed by atoms with Crippen molar-refractivity contribution < 1.29 is 4.42 Å². The van der Waals surface area contributed by atoms with E-state index in [0.29, 0.717) is 17.5 Å². The Balaban J connectivity index is 0.986. The number of furan rings is 1. The molecule has 5 nitrogen and oxygen atoms in total. The molecule has 0 spiro atoms. The van der Waals surface area contributed by atoms with Gasteiger partial charge in [-0.15, -0.1) is 0 Å². The minimum absolute atomic E-state index is 0.629. The first-order valence-electron chi connectivity index (χ1n) is 19.5. The summed E-state index contributed by atoms with van der Waals surface area (Å²) in [4.78, 5) is 14.8. The van der Waals surface area contributed by atoms with E-state index in [-0.39, 0.29) is 0 Å². The van der Waals surface area contributed by atoms with Crippen LogP contribution in [0.15, 0.2) is 199 Å². The van der Waals surface area contributed by atoms with Crippen LogP contribution in [-0.2, 0) is 0 Å². The third-order valence-electron chi connectivity index (χ3n) is 11.4. The predicted molar refractivity (Wildman–Crippen MR) is 238 cm³/mol. The zero-order chi connectivity index (χ0) is 38.2. The molecule has 0 amide bonds. The summed E-state index contributed by atoms with van der Waals surface area (Å²) in [6, 6.07) is 68.0. The Labute approximate surface area is 333 Å². The SMILES string of the molecule is c1ccc(-c2nc(-c3ccccc3)nc(-c3ccc(-c4cc5oc6cc(-n7c8ccccc8c8cc9ccccc9cc87)ccc6c5c5ccccc45)cc3)n2)cc1. The lowest BCUT2D eigenvalue weighted by atomic mass is 9.94. The first kappa shape index (κ1) is 32.4. The molecule has 0 radical (unpaired) electrons. The van der Waals surface area contributed by atoms with Crippen molar-refractivity contribution in [1.29, 1.82) is 0 Å². The van der Waals surface area contributed by atoms with Crippen molar-refractivity contribution in [3.05, 3.63) is 194 Å². The molecule has 3 heterocycles. The van der Waals surface area contributed by atoms with Crippen molar-refractivity contribution in [2.45, 2.75) is 0 Å². The van der Waals surface area contributed by atoms with Gasteiger partial charge in [0.15, 0.2) is 17.5 Å². The van der Waals surface area contributed by atoms with Crippen molar-refractivity contribution in [3.8, 4) is 51.0 Å². The Morgan fingerprint density at radius 3 is 1.59 bits per heavy atom. The molecule has 0 bridgehead atoms. The number of benzene rings is 9. The van der Waals surface area contributed by atoms with Crippen molar-refractivity contribution in [3.63, 3.8) is 0 Å². The van der Waals surface area contributed by atoms with E-state index in [1.165, 1.54) is 38.0 Å². The van der Waals surface area contributed by atoms with Crippen LogP contribution in [0.1, 0.15) is 0 Å². The molecule has 58 heavy (non-hydrogen) atoms. The fraction of sp³-hybridized carbons (Fsp3) is 0. The molecular weight excluding hydrogens is 709 g/mol. The molecule has 0 aliphatic heterocycles. The van der Waals surface area contributed by atoms with E-state index in [0.717, 1.165) is 60.8 Å². The molecule has 0 atom stereocenters. The summed E-state index contributed by atoms with van der Waals surface area (Å²) in [5.41, 5.74) is 10.1. The van der Waals surface area contributed by atoms with Gasteiger partial charge in [-0.05, 0) is 69.1 Å². The Morgan fingerprint density at radius 2 is 0.897 bits per heavy atom. The summed E-state index contributed by atoms with van der Waals surface area (Å²) >= 11 is 0. The van der Waals surface area contributed by atoms with Crippen LogP contribution in [0.25, 0.3) is 116 Å². The second-order valence-corrected chi connectivity index (χ2v) is 14.8. The van der Waals surface area contributed by atoms with Crippen LogP contribution < -0.4 is 0 Å². The molecule has 0 fully saturated rings. The summed E-state index contributed by atoms with van der Waals surface area (Å²) in [6.45, 7) is 0. The van der Waals surface area contributed by atoms with Gasteiger partial charge in [-0.3, -0.25) is 0 Å². The van der Waals surface area contributed by atoms with Gasteiger partial charge >= 0.3 is 0 Å².